The van der Waals surface area contributed by atoms with Crippen molar-refractivity contribution < 1.29 is 0 Å². The van der Waals surface area contributed by atoms with Crippen LogP contribution < -0.4 is 0 Å². The SMILES string of the molecule is [CH2]CC(C)(C)CCCC(C)C. The van der Waals surface area contributed by atoms with Crippen LogP contribution >= 0.6 is 0 Å². The maximum absolute atomic E-state index is 3.96. The van der Waals surface area contributed by atoms with E-state index in [0.717, 1.165) is 12.3 Å². The molecule has 0 unspecified atom stereocenters. The highest BCUT2D eigenvalue weighted by atomic mass is 14.2. The zero-order chi connectivity index (χ0) is 8.91. The van der Waals surface area contributed by atoms with Gasteiger partial charge in [0.15, 0.2) is 0 Å². The number of hydrogen-bond acceptors (Lipinski definition) is 0. The Labute approximate surface area is 72.4 Å². The molecular formula is C11H23. The van der Waals surface area contributed by atoms with Crippen LogP contribution in [0.2, 0.25) is 0 Å². The van der Waals surface area contributed by atoms with Gasteiger partial charge in [0.05, 0.1) is 0 Å². The van der Waals surface area contributed by atoms with Gasteiger partial charge in [-0.3, -0.25) is 0 Å². The molecule has 0 N–H and O–H groups in total. The van der Waals surface area contributed by atoms with E-state index >= 15 is 0 Å². The van der Waals surface area contributed by atoms with Gasteiger partial charge in [-0.05, 0) is 24.2 Å². The fourth-order valence-corrected chi connectivity index (χ4v) is 1.11. The number of hydrogen-bond donors (Lipinski definition) is 0. The third-order valence-corrected chi connectivity index (χ3v) is 2.31. The van der Waals surface area contributed by atoms with E-state index < -0.39 is 0 Å². The molecule has 0 saturated carbocycles. The van der Waals surface area contributed by atoms with Gasteiger partial charge < -0.3 is 0 Å². The molecule has 11 heavy (non-hydrogen) atoms. The lowest BCUT2D eigenvalue weighted by molar-refractivity contribution is 0.315. The van der Waals surface area contributed by atoms with E-state index in [4.69, 9.17) is 0 Å². The van der Waals surface area contributed by atoms with E-state index in [1.54, 1.807) is 0 Å². The summed E-state index contributed by atoms with van der Waals surface area (Å²) in [5.41, 5.74) is 0.467. The molecule has 0 aliphatic rings. The molecule has 0 aliphatic heterocycles. The Morgan fingerprint density at radius 3 is 2.18 bits per heavy atom. The Balaban J connectivity index is 3.38. The standard InChI is InChI=1S/C11H23/c1-6-11(4,5)9-7-8-10(2)3/h10H,1,6-9H2,2-5H3. The van der Waals surface area contributed by atoms with Gasteiger partial charge in [0.2, 0.25) is 0 Å². The minimum atomic E-state index is 0.467. The van der Waals surface area contributed by atoms with Crippen LogP contribution in [-0.4, -0.2) is 0 Å². The molecule has 0 heteroatoms. The second kappa shape index (κ2) is 4.79. The molecule has 0 bridgehead atoms. The van der Waals surface area contributed by atoms with Crippen molar-refractivity contribution in [2.75, 3.05) is 0 Å². The van der Waals surface area contributed by atoms with Crippen molar-refractivity contribution >= 4 is 0 Å². The van der Waals surface area contributed by atoms with Crippen molar-refractivity contribution in [3.63, 3.8) is 0 Å². The lowest BCUT2D eigenvalue weighted by atomic mass is 9.84. The van der Waals surface area contributed by atoms with Crippen molar-refractivity contribution in [2.45, 2.75) is 53.4 Å². The summed E-state index contributed by atoms with van der Waals surface area (Å²) in [6.07, 6.45) is 5.11. The fraction of sp³-hybridized carbons (Fsp3) is 0.909. The molecule has 0 aliphatic carbocycles. The first-order chi connectivity index (χ1) is 4.98. The third-order valence-electron chi connectivity index (χ3n) is 2.31. The largest absolute Gasteiger partial charge is 0.0628 e. The monoisotopic (exact) mass is 155 g/mol. The molecule has 0 nitrogen and oxygen atoms in total. The Hall–Kier alpha value is 0. The van der Waals surface area contributed by atoms with Gasteiger partial charge in [-0.2, -0.15) is 0 Å². The van der Waals surface area contributed by atoms with E-state index in [-0.39, 0.29) is 0 Å². The summed E-state index contributed by atoms with van der Waals surface area (Å²) in [6.45, 7) is 13.1. The second-order valence-electron chi connectivity index (χ2n) is 4.70. The quantitative estimate of drug-likeness (QED) is 0.561. The second-order valence-corrected chi connectivity index (χ2v) is 4.70. The van der Waals surface area contributed by atoms with Crippen LogP contribution in [0.5, 0.6) is 0 Å². The van der Waals surface area contributed by atoms with Crippen molar-refractivity contribution in [3.05, 3.63) is 6.92 Å². The summed E-state index contributed by atoms with van der Waals surface area (Å²) >= 11 is 0. The zero-order valence-corrected chi connectivity index (χ0v) is 8.61. The molecule has 0 aromatic heterocycles. The molecule has 0 spiro atoms. The van der Waals surface area contributed by atoms with Gasteiger partial charge in [-0.1, -0.05) is 47.5 Å². The van der Waals surface area contributed by atoms with Gasteiger partial charge in [-0.15, -0.1) is 0 Å². The zero-order valence-electron chi connectivity index (χ0n) is 8.61. The Kier molecular flexibility index (Phi) is 4.79. The summed E-state index contributed by atoms with van der Waals surface area (Å²) in [5.74, 6) is 0.857. The van der Waals surface area contributed by atoms with Crippen LogP contribution in [0.25, 0.3) is 0 Å². The molecule has 1 radical (unpaired) electrons. The lowest BCUT2D eigenvalue weighted by Crippen LogP contribution is -2.09. The molecular weight excluding hydrogens is 132 g/mol. The summed E-state index contributed by atoms with van der Waals surface area (Å²) in [7, 11) is 0. The van der Waals surface area contributed by atoms with E-state index in [1.165, 1.54) is 19.3 Å². The van der Waals surface area contributed by atoms with Crippen LogP contribution in [0.3, 0.4) is 0 Å². The van der Waals surface area contributed by atoms with E-state index in [1.807, 2.05) is 0 Å². The molecule has 0 rings (SSSR count). The van der Waals surface area contributed by atoms with Crippen molar-refractivity contribution in [1.29, 1.82) is 0 Å². The van der Waals surface area contributed by atoms with Crippen molar-refractivity contribution in [2.24, 2.45) is 11.3 Å². The minimum absolute atomic E-state index is 0.467. The summed E-state index contributed by atoms with van der Waals surface area (Å²) in [6, 6.07) is 0. The van der Waals surface area contributed by atoms with Crippen LogP contribution in [-0.2, 0) is 0 Å². The van der Waals surface area contributed by atoms with Gasteiger partial charge in [0.25, 0.3) is 0 Å². The topological polar surface area (TPSA) is 0 Å². The predicted octanol–water partition coefficient (Wildman–Crippen LogP) is 4.06. The smallest absolute Gasteiger partial charge is 0.0354 e. The first kappa shape index (κ1) is 11.0. The van der Waals surface area contributed by atoms with Crippen LogP contribution in [0.15, 0.2) is 0 Å². The Morgan fingerprint density at radius 2 is 1.82 bits per heavy atom. The minimum Gasteiger partial charge on any atom is -0.0628 e. The Bertz CT molecular complexity index is 90.2. The van der Waals surface area contributed by atoms with E-state index in [2.05, 4.69) is 34.6 Å². The van der Waals surface area contributed by atoms with Crippen LogP contribution in [0, 0.1) is 18.3 Å². The Morgan fingerprint density at radius 1 is 1.27 bits per heavy atom. The molecule has 0 aromatic rings. The highest BCUT2D eigenvalue weighted by Gasteiger charge is 2.13. The van der Waals surface area contributed by atoms with E-state index in [9.17, 15) is 0 Å². The van der Waals surface area contributed by atoms with Gasteiger partial charge in [0.1, 0.15) is 0 Å². The summed E-state index contributed by atoms with van der Waals surface area (Å²) in [4.78, 5) is 0. The molecule has 67 valence electrons. The van der Waals surface area contributed by atoms with E-state index in [0.29, 0.717) is 5.41 Å². The van der Waals surface area contributed by atoms with Crippen molar-refractivity contribution in [3.8, 4) is 0 Å². The maximum atomic E-state index is 3.96. The van der Waals surface area contributed by atoms with Crippen LogP contribution in [0.4, 0.5) is 0 Å². The average Bonchev–Trinajstić information content (AvgIpc) is 1.87. The summed E-state index contributed by atoms with van der Waals surface area (Å²) in [5, 5.41) is 0. The highest BCUT2D eigenvalue weighted by molar-refractivity contribution is 4.69. The van der Waals surface area contributed by atoms with Gasteiger partial charge in [-0.25, -0.2) is 0 Å². The number of rotatable bonds is 5. The molecule has 0 saturated heterocycles. The van der Waals surface area contributed by atoms with Crippen LogP contribution in [0.1, 0.15) is 53.4 Å². The molecule has 0 heterocycles. The van der Waals surface area contributed by atoms with Gasteiger partial charge >= 0.3 is 0 Å². The molecule has 0 fully saturated rings. The van der Waals surface area contributed by atoms with Gasteiger partial charge in [0, 0.05) is 0 Å². The molecule has 0 aromatic carbocycles. The normalized spacial score (nSPS) is 12.5. The highest BCUT2D eigenvalue weighted by Crippen LogP contribution is 2.27. The molecule has 0 atom stereocenters. The lowest BCUT2D eigenvalue weighted by Gasteiger charge is -2.22. The average molecular weight is 155 g/mol. The molecule has 0 amide bonds. The third kappa shape index (κ3) is 6.40. The van der Waals surface area contributed by atoms with Crippen molar-refractivity contribution in [1.82, 2.24) is 0 Å². The fourth-order valence-electron chi connectivity index (χ4n) is 1.11. The first-order valence-corrected chi connectivity index (χ1v) is 4.77. The predicted molar refractivity (Wildman–Crippen MR) is 52.4 cm³/mol. The maximum Gasteiger partial charge on any atom is -0.0354 e. The summed E-state index contributed by atoms with van der Waals surface area (Å²) < 4.78 is 0. The first-order valence-electron chi connectivity index (χ1n) is 4.77.